The van der Waals surface area contributed by atoms with Gasteiger partial charge in [-0.1, -0.05) is 0 Å². The van der Waals surface area contributed by atoms with E-state index in [9.17, 15) is 26.6 Å². The number of alkyl halides is 3. The largest absolute Gasteiger partial charge is 0.433 e. The normalized spacial score (nSPS) is 17.2. The summed E-state index contributed by atoms with van der Waals surface area (Å²) >= 11 is 0. The summed E-state index contributed by atoms with van der Waals surface area (Å²) < 4.78 is 71.7. The highest BCUT2D eigenvalue weighted by Gasteiger charge is 2.43. The van der Waals surface area contributed by atoms with Crippen molar-refractivity contribution in [2.24, 2.45) is 4.36 Å². The highest BCUT2D eigenvalue weighted by atomic mass is 32.2. The van der Waals surface area contributed by atoms with Crippen LogP contribution in [0.4, 0.5) is 28.0 Å². The Labute approximate surface area is 171 Å². The van der Waals surface area contributed by atoms with E-state index in [0.717, 1.165) is 6.20 Å². The molecule has 0 spiro atoms. The molecule has 12 heteroatoms. The van der Waals surface area contributed by atoms with E-state index in [0.29, 0.717) is 49.9 Å². The fourth-order valence-electron chi connectivity index (χ4n) is 3.67. The number of anilines is 1. The number of aryl methyl sites for hydroxylation is 2. The third-order valence-corrected chi connectivity index (χ3v) is 6.16. The molecule has 0 radical (unpaired) electrons. The Morgan fingerprint density at radius 2 is 2.10 bits per heavy atom. The van der Waals surface area contributed by atoms with Gasteiger partial charge in [-0.15, -0.1) is 4.36 Å². The molecule has 7 nitrogen and oxygen atoms in total. The van der Waals surface area contributed by atoms with Crippen LogP contribution in [0.1, 0.15) is 54.6 Å². The van der Waals surface area contributed by atoms with Crippen molar-refractivity contribution in [3.63, 3.8) is 0 Å². The van der Waals surface area contributed by atoms with Crippen molar-refractivity contribution < 1.29 is 26.6 Å². The zero-order chi connectivity index (χ0) is 21.6. The number of hydrogen-bond acceptors (Lipinski definition) is 4. The highest BCUT2D eigenvalue weighted by Crippen LogP contribution is 2.50. The number of amides is 2. The number of pyridine rings is 1. The molecule has 1 N–H and O–H groups in total. The van der Waals surface area contributed by atoms with E-state index in [1.54, 1.807) is 6.92 Å². The van der Waals surface area contributed by atoms with Crippen LogP contribution in [-0.4, -0.2) is 25.0 Å². The van der Waals surface area contributed by atoms with Crippen LogP contribution in [0.3, 0.4) is 0 Å². The number of carbonyl (C=O) groups is 1. The van der Waals surface area contributed by atoms with Gasteiger partial charge in [0.2, 0.25) is 0 Å². The molecule has 2 heterocycles. The first kappa shape index (κ1) is 20.8. The molecule has 2 amide bonds. The van der Waals surface area contributed by atoms with Gasteiger partial charge in [-0.3, -0.25) is 4.68 Å². The standard InChI is InChI=1S/C18H19F4N5O2S/c1-2-27-8-11(19)16(25-27)30(29)26-17(28)24-14-10-4-3-5-12(10)23-15(18(20,21)22)13(14)9-6-7-9/h8-9,30H,2-7H2,1H3,(H,23,24,28). The topological polar surface area (TPSA) is 89.2 Å². The van der Waals surface area contributed by atoms with Crippen molar-refractivity contribution in [3.05, 3.63) is 34.5 Å². The number of halogens is 4. The van der Waals surface area contributed by atoms with Crippen molar-refractivity contribution >= 4 is 22.3 Å². The lowest BCUT2D eigenvalue weighted by Gasteiger charge is -2.19. The summed E-state index contributed by atoms with van der Waals surface area (Å²) in [6.45, 7) is 2.04. The van der Waals surface area contributed by atoms with Gasteiger partial charge in [-0.05, 0) is 50.5 Å². The number of hydrogen-bond donors (Lipinski definition) is 2. The third-order valence-electron chi connectivity index (χ3n) is 5.13. The fourth-order valence-corrected chi connectivity index (χ4v) is 4.41. The van der Waals surface area contributed by atoms with Crippen molar-refractivity contribution in [1.29, 1.82) is 0 Å². The minimum absolute atomic E-state index is 0.0385. The average molecular weight is 445 g/mol. The molecule has 2 aliphatic rings. The molecule has 0 bridgehead atoms. The molecule has 0 saturated heterocycles. The molecular formula is C18H19F4N5O2S. The molecule has 1 unspecified atom stereocenters. The zero-order valence-corrected chi connectivity index (χ0v) is 16.9. The number of aromatic nitrogens is 3. The summed E-state index contributed by atoms with van der Waals surface area (Å²) in [6, 6.07) is -1.10. The summed E-state index contributed by atoms with van der Waals surface area (Å²) in [5, 5.41) is 5.70. The molecule has 0 aromatic carbocycles. The summed E-state index contributed by atoms with van der Waals surface area (Å²) in [4.78, 5) is 16.3. The molecule has 1 saturated carbocycles. The van der Waals surface area contributed by atoms with Gasteiger partial charge in [-0.25, -0.2) is 18.4 Å². The van der Waals surface area contributed by atoms with Crippen LogP contribution in [-0.2, 0) is 36.2 Å². The number of nitrogens with zero attached hydrogens (tertiary/aromatic N) is 4. The molecule has 30 heavy (non-hydrogen) atoms. The van der Waals surface area contributed by atoms with E-state index in [-0.39, 0.29) is 17.2 Å². The molecule has 1 fully saturated rings. The Morgan fingerprint density at radius 3 is 2.70 bits per heavy atom. The number of nitrogens with one attached hydrogen (secondary N) is 1. The van der Waals surface area contributed by atoms with E-state index in [1.807, 2.05) is 0 Å². The van der Waals surface area contributed by atoms with Gasteiger partial charge >= 0.3 is 12.2 Å². The quantitative estimate of drug-likeness (QED) is 0.548. The second kappa shape index (κ2) is 7.64. The van der Waals surface area contributed by atoms with E-state index < -0.39 is 39.3 Å². The maximum absolute atomic E-state index is 13.9. The highest BCUT2D eigenvalue weighted by molar-refractivity contribution is 7.75. The monoisotopic (exact) mass is 445 g/mol. The fraction of sp³-hybridized carbons (Fsp3) is 0.500. The summed E-state index contributed by atoms with van der Waals surface area (Å²) in [7, 11) is -2.84. The van der Waals surface area contributed by atoms with Crippen molar-refractivity contribution in [3.8, 4) is 0 Å². The lowest BCUT2D eigenvalue weighted by molar-refractivity contribution is -0.141. The van der Waals surface area contributed by atoms with Gasteiger partial charge in [0.15, 0.2) is 10.8 Å². The maximum Gasteiger partial charge on any atom is 0.433 e. The molecule has 2 aliphatic carbocycles. The van der Waals surface area contributed by atoms with Crippen LogP contribution in [0.2, 0.25) is 0 Å². The van der Waals surface area contributed by atoms with Crippen molar-refractivity contribution in [2.45, 2.75) is 62.7 Å². The zero-order valence-electron chi connectivity index (χ0n) is 16.0. The van der Waals surface area contributed by atoms with Crippen LogP contribution in [0.15, 0.2) is 15.6 Å². The third kappa shape index (κ3) is 3.92. The van der Waals surface area contributed by atoms with Crippen LogP contribution in [0, 0.1) is 5.82 Å². The van der Waals surface area contributed by atoms with E-state index >= 15 is 0 Å². The van der Waals surface area contributed by atoms with Gasteiger partial charge in [0.05, 0.1) is 22.5 Å². The molecule has 2 aromatic rings. The minimum atomic E-state index is -4.66. The number of thiol groups is 1. The predicted octanol–water partition coefficient (Wildman–Crippen LogP) is 4.08. The molecule has 1 atom stereocenters. The van der Waals surface area contributed by atoms with Gasteiger partial charge in [0.1, 0.15) is 5.69 Å². The number of fused-ring (bicyclic) bond motifs is 1. The molecule has 2 aromatic heterocycles. The van der Waals surface area contributed by atoms with E-state index in [4.69, 9.17) is 0 Å². The lowest BCUT2D eigenvalue weighted by Crippen LogP contribution is -2.19. The Balaban J connectivity index is 1.72. The summed E-state index contributed by atoms with van der Waals surface area (Å²) in [5.74, 6) is -1.21. The molecule has 4 rings (SSSR count). The Kier molecular flexibility index (Phi) is 5.28. The van der Waals surface area contributed by atoms with Crippen LogP contribution in [0.25, 0.3) is 0 Å². The summed E-state index contributed by atoms with van der Waals surface area (Å²) in [6.07, 6.45) is -0.995. The summed E-state index contributed by atoms with van der Waals surface area (Å²) in [5.41, 5.74) is -0.102. The average Bonchev–Trinajstić information content (AvgIpc) is 3.26. The number of urea groups is 1. The van der Waals surface area contributed by atoms with Crippen molar-refractivity contribution in [2.75, 3.05) is 5.32 Å². The van der Waals surface area contributed by atoms with E-state index in [2.05, 4.69) is 19.8 Å². The van der Waals surface area contributed by atoms with Crippen LogP contribution >= 0.6 is 0 Å². The second-order valence-corrected chi connectivity index (χ2v) is 8.43. The maximum atomic E-state index is 13.9. The molecular weight excluding hydrogens is 426 g/mol. The van der Waals surface area contributed by atoms with Gasteiger partial charge in [0, 0.05) is 17.8 Å². The number of carbonyl (C=O) groups excluding carboxylic acids is 1. The minimum Gasteiger partial charge on any atom is -0.305 e. The Hall–Kier alpha value is -2.50. The smallest absolute Gasteiger partial charge is 0.305 e. The SMILES string of the molecule is CCn1cc(F)c(/[SH](=O)=N/C(=O)Nc2c3c(nc(C(F)(F)F)c2C2CC2)CCC3)n1. The molecule has 0 aliphatic heterocycles. The number of rotatable bonds is 4. The first-order valence-electron chi connectivity index (χ1n) is 9.54. The van der Waals surface area contributed by atoms with Crippen LogP contribution < -0.4 is 5.32 Å². The van der Waals surface area contributed by atoms with E-state index in [1.165, 1.54) is 4.68 Å². The first-order chi connectivity index (χ1) is 14.2. The van der Waals surface area contributed by atoms with Gasteiger partial charge < -0.3 is 5.32 Å². The Morgan fingerprint density at radius 1 is 1.37 bits per heavy atom. The van der Waals surface area contributed by atoms with Crippen molar-refractivity contribution in [1.82, 2.24) is 14.8 Å². The van der Waals surface area contributed by atoms with Gasteiger partial charge in [-0.2, -0.15) is 18.3 Å². The molecule has 162 valence electrons. The first-order valence-corrected chi connectivity index (χ1v) is 10.8. The van der Waals surface area contributed by atoms with Gasteiger partial charge in [0.25, 0.3) is 0 Å². The van der Waals surface area contributed by atoms with Crippen LogP contribution in [0.5, 0.6) is 0 Å². The Bertz CT molecular complexity index is 1100. The second-order valence-electron chi connectivity index (χ2n) is 7.26. The predicted molar refractivity (Wildman–Crippen MR) is 100 cm³/mol. The lowest BCUT2D eigenvalue weighted by atomic mass is 10.00.